The van der Waals surface area contributed by atoms with Crippen molar-refractivity contribution in [2.45, 2.75) is 31.4 Å². The van der Waals surface area contributed by atoms with Crippen LogP contribution in [0.15, 0.2) is 33.7 Å². The van der Waals surface area contributed by atoms with Crippen LogP contribution < -0.4 is 15.4 Å². The molecule has 0 aromatic heterocycles. The van der Waals surface area contributed by atoms with Crippen molar-refractivity contribution in [3.05, 3.63) is 28.7 Å². The molecule has 1 atom stereocenters. The van der Waals surface area contributed by atoms with Crippen molar-refractivity contribution in [2.75, 3.05) is 47.4 Å². The maximum absolute atomic E-state index is 5.98. The Hall–Kier alpha value is -1.31. The van der Waals surface area contributed by atoms with E-state index >= 15 is 0 Å². The molecule has 0 aliphatic carbocycles. The summed E-state index contributed by atoms with van der Waals surface area (Å²) in [6.45, 7) is 5.16. The Labute approximate surface area is 165 Å². The molecule has 6 nitrogen and oxygen atoms in total. The lowest BCUT2D eigenvalue weighted by Crippen LogP contribution is -2.57. The zero-order valence-corrected chi connectivity index (χ0v) is 17.8. The van der Waals surface area contributed by atoms with Crippen LogP contribution in [0.1, 0.15) is 19.8 Å². The van der Waals surface area contributed by atoms with Crippen molar-refractivity contribution < 1.29 is 9.47 Å². The van der Waals surface area contributed by atoms with Crippen molar-refractivity contribution in [3.63, 3.8) is 0 Å². The van der Waals surface area contributed by atoms with Gasteiger partial charge in [-0.3, -0.25) is 4.99 Å². The largest absolute Gasteiger partial charge is 0.488 e. The monoisotopic (exact) mass is 426 g/mol. The number of aliphatic imine (C=N–C) groups is 1. The van der Waals surface area contributed by atoms with Gasteiger partial charge in [-0.05, 0) is 61.9 Å². The Balaban J connectivity index is 1.82. The number of halogens is 1. The van der Waals surface area contributed by atoms with Crippen molar-refractivity contribution >= 4 is 21.9 Å². The molecular formula is C19H31BrN4O2. The number of ether oxygens (including phenoxy) is 2. The lowest BCUT2D eigenvalue weighted by Gasteiger charge is -2.43. The summed E-state index contributed by atoms with van der Waals surface area (Å²) >= 11 is 3.51. The van der Waals surface area contributed by atoms with Crippen LogP contribution in [-0.4, -0.2) is 69.9 Å². The molecule has 26 heavy (non-hydrogen) atoms. The van der Waals surface area contributed by atoms with Crippen LogP contribution in [0.5, 0.6) is 5.75 Å². The average molecular weight is 427 g/mol. The molecule has 146 valence electrons. The number of hydrogen-bond acceptors (Lipinski definition) is 4. The van der Waals surface area contributed by atoms with Gasteiger partial charge in [-0.2, -0.15) is 0 Å². The number of guanidine groups is 1. The Morgan fingerprint density at radius 1 is 1.31 bits per heavy atom. The number of para-hydroxylation sites is 1. The van der Waals surface area contributed by atoms with E-state index in [4.69, 9.17) is 9.47 Å². The molecule has 1 heterocycles. The third kappa shape index (κ3) is 5.86. The fourth-order valence-electron chi connectivity index (χ4n) is 3.04. The fraction of sp³-hybridized carbons (Fsp3) is 0.632. The lowest BCUT2D eigenvalue weighted by molar-refractivity contribution is -0.00502. The summed E-state index contributed by atoms with van der Waals surface area (Å²) in [5.41, 5.74) is 0.104. The minimum Gasteiger partial charge on any atom is -0.488 e. The van der Waals surface area contributed by atoms with Crippen LogP contribution in [0, 0.1) is 0 Å². The molecule has 0 saturated carbocycles. The van der Waals surface area contributed by atoms with Gasteiger partial charge in [0.05, 0.1) is 11.0 Å². The van der Waals surface area contributed by atoms with E-state index in [0.29, 0.717) is 6.54 Å². The molecule has 0 spiro atoms. The van der Waals surface area contributed by atoms with Crippen LogP contribution in [-0.2, 0) is 4.74 Å². The van der Waals surface area contributed by atoms with Crippen molar-refractivity contribution in [1.82, 2.24) is 15.5 Å². The molecule has 0 bridgehead atoms. The summed E-state index contributed by atoms with van der Waals surface area (Å²) in [5.74, 6) is 1.64. The summed E-state index contributed by atoms with van der Waals surface area (Å²) in [7, 11) is 6.06. The highest BCUT2D eigenvalue weighted by atomic mass is 79.9. The van der Waals surface area contributed by atoms with E-state index in [1.807, 2.05) is 31.2 Å². The van der Waals surface area contributed by atoms with Gasteiger partial charge in [0, 0.05) is 32.3 Å². The second kappa shape index (κ2) is 10.1. The van der Waals surface area contributed by atoms with Crippen LogP contribution in [0.2, 0.25) is 0 Å². The summed E-state index contributed by atoms with van der Waals surface area (Å²) in [5, 5.41) is 6.82. The SMILES string of the molecule is CN=C(NCC(C)Oc1ccccc1Br)NCC1(N(C)C)CCOCC1. The van der Waals surface area contributed by atoms with E-state index in [1.165, 1.54) is 0 Å². The molecule has 1 aliphatic rings. The Kier molecular flexibility index (Phi) is 8.18. The molecule has 0 radical (unpaired) electrons. The van der Waals surface area contributed by atoms with Gasteiger partial charge in [0.25, 0.3) is 0 Å². The van der Waals surface area contributed by atoms with Crippen LogP contribution in [0.4, 0.5) is 0 Å². The van der Waals surface area contributed by atoms with E-state index < -0.39 is 0 Å². The third-order valence-corrected chi connectivity index (χ3v) is 5.56. The number of hydrogen-bond donors (Lipinski definition) is 2. The Bertz CT molecular complexity index is 589. The summed E-state index contributed by atoms with van der Waals surface area (Å²) < 4.78 is 12.5. The maximum atomic E-state index is 5.98. The predicted octanol–water partition coefficient (Wildman–Crippen LogP) is 2.49. The first-order chi connectivity index (χ1) is 12.5. The van der Waals surface area contributed by atoms with Gasteiger partial charge in [-0.1, -0.05) is 12.1 Å². The van der Waals surface area contributed by atoms with Gasteiger partial charge in [-0.15, -0.1) is 0 Å². The number of benzene rings is 1. The number of likely N-dealkylation sites (N-methyl/N-ethyl adjacent to an activating group) is 1. The molecule has 1 unspecified atom stereocenters. The zero-order valence-electron chi connectivity index (χ0n) is 16.2. The second-order valence-electron chi connectivity index (χ2n) is 6.90. The van der Waals surface area contributed by atoms with E-state index in [-0.39, 0.29) is 11.6 Å². The average Bonchev–Trinajstić information content (AvgIpc) is 2.64. The molecule has 0 amide bonds. The highest BCUT2D eigenvalue weighted by Crippen LogP contribution is 2.25. The highest BCUT2D eigenvalue weighted by Gasteiger charge is 2.34. The molecule has 1 fully saturated rings. The summed E-state index contributed by atoms with van der Waals surface area (Å²) in [6, 6.07) is 7.88. The Morgan fingerprint density at radius 2 is 2.00 bits per heavy atom. The van der Waals surface area contributed by atoms with Gasteiger partial charge < -0.3 is 25.0 Å². The maximum Gasteiger partial charge on any atom is 0.191 e. The number of nitrogens with one attached hydrogen (secondary N) is 2. The molecule has 1 aliphatic heterocycles. The van der Waals surface area contributed by atoms with E-state index in [2.05, 4.69) is 50.6 Å². The van der Waals surface area contributed by atoms with Crippen molar-refractivity contribution in [3.8, 4) is 5.75 Å². The van der Waals surface area contributed by atoms with Gasteiger partial charge >= 0.3 is 0 Å². The molecule has 2 N–H and O–H groups in total. The first-order valence-electron chi connectivity index (χ1n) is 9.08. The normalized spacial score (nSPS) is 18.5. The summed E-state index contributed by atoms with van der Waals surface area (Å²) in [4.78, 5) is 6.64. The minimum absolute atomic E-state index is 0.0122. The molecule has 2 rings (SSSR count). The first-order valence-corrected chi connectivity index (χ1v) is 9.87. The van der Waals surface area contributed by atoms with Gasteiger partial charge in [0.1, 0.15) is 11.9 Å². The van der Waals surface area contributed by atoms with E-state index in [9.17, 15) is 0 Å². The van der Waals surface area contributed by atoms with Crippen LogP contribution in [0.25, 0.3) is 0 Å². The zero-order chi connectivity index (χ0) is 19.0. The number of rotatable bonds is 7. The molecular weight excluding hydrogens is 396 g/mol. The van der Waals surface area contributed by atoms with Gasteiger partial charge in [0.2, 0.25) is 0 Å². The summed E-state index contributed by atoms with van der Waals surface area (Å²) in [6.07, 6.45) is 2.05. The fourth-order valence-corrected chi connectivity index (χ4v) is 3.42. The Morgan fingerprint density at radius 3 is 2.62 bits per heavy atom. The van der Waals surface area contributed by atoms with Gasteiger partial charge in [0.15, 0.2) is 5.96 Å². The quantitative estimate of drug-likeness (QED) is 0.517. The molecule has 7 heteroatoms. The topological polar surface area (TPSA) is 58.1 Å². The molecule has 1 aromatic carbocycles. The van der Waals surface area contributed by atoms with Crippen molar-refractivity contribution in [2.24, 2.45) is 4.99 Å². The first kappa shape index (κ1) is 21.0. The highest BCUT2D eigenvalue weighted by molar-refractivity contribution is 9.10. The third-order valence-electron chi connectivity index (χ3n) is 4.90. The van der Waals surface area contributed by atoms with Crippen LogP contribution >= 0.6 is 15.9 Å². The standard InChI is InChI=1S/C19H31BrN4O2/c1-15(26-17-8-6-5-7-16(17)20)13-22-18(21-2)23-14-19(24(3)4)9-11-25-12-10-19/h5-8,15H,9-14H2,1-4H3,(H2,21,22,23). The number of nitrogens with zero attached hydrogens (tertiary/aromatic N) is 2. The lowest BCUT2D eigenvalue weighted by atomic mass is 9.88. The molecule has 1 saturated heterocycles. The van der Waals surface area contributed by atoms with Crippen molar-refractivity contribution in [1.29, 1.82) is 0 Å². The van der Waals surface area contributed by atoms with Crippen LogP contribution in [0.3, 0.4) is 0 Å². The smallest absolute Gasteiger partial charge is 0.191 e. The molecule has 1 aromatic rings. The predicted molar refractivity (Wildman–Crippen MR) is 110 cm³/mol. The second-order valence-corrected chi connectivity index (χ2v) is 7.75. The van der Waals surface area contributed by atoms with E-state index in [1.54, 1.807) is 7.05 Å². The van der Waals surface area contributed by atoms with Gasteiger partial charge in [-0.25, -0.2) is 0 Å². The minimum atomic E-state index is 0.0122. The van der Waals surface area contributed by atoms with E-state index in [0.717, 1.165) is 48.8 Å².